The fourth-order valence-corrected chi connectivity index (χ4v) is 0.962. The van der Waals surface area contributed by atoms with Crippen LogP contribution in [0.25, 0.3) is 0 Å². The van der Waals surface area contributed by atoms with Crippen molar-refractivity contribution in [1.29, 1.82) is 0 Å². The van der Waals surface area contributed by atoms with Crippen molar-refractivity contribution in [1.82, 2.24) is 4.98 Å². The maximum absolute atomic E-state index is 12.8. The largest absolute Gasteiger partial charge is 0.503 e. The van der Waals surface area contributed by atoms with E-state index in [0.717, 1.165) is 18.5 Å². The molecule has 1 aromatic rings. The molecule has 19 heavy (non-hydrogen) atoms. The first kappa shape index (κ1) is 15.3. The summed E-state index contributed by atoms with van der Waals surface area (Å²) in [5, 5.41) is 9.03. The van der Waals surface area contributed by atoms with Gasteiger partial charge in [0.25, 0.3) is 0 Å². The SMILES string of the molecule is Oc1cnccc1OCC(F)(F)C(F)(F)C(F)(F)F. The summed E-state index contributed by atoms with van der Waals surface area (Å²) in [4.78, 5) is 3.33. The molecule has 1 aromatic heterocycles. The zero-order valence-electron chi connectivity index (χ0n) is 8.89. The molecule has 1 rings (SSSR count). The third-order valence-electron chi connectivity index (χ3n) is 1.99. The molecule has 3 nitrogen and oxygen atoms in total. The van der Waals surface area contributed by atoms with Gasteiger partial charge in [0.05, 0.1) is 6.20 Å². The van der Waals surface area contributed by atoms with Gasteiger partial charge >= 0.3 is 18.0 Å². The minimum Gasteiger partial charge on any atom is -0.503 e. The van der Waals surface area contributed by atoms with Crippen LogP contribution in [0.2, 0.25) is 0 Å². The third-order valence-corrected chi connectivity index (χ3v) is 1.99. The molecule has 0 fully saturated rings. The molecule has 0 amide bonds. The van der Waals surface area contributed by atoms with Gasteiger partial charge in [-0.25, -0.2) is 0 Å². The van der Waals surface area contributed by atoms with Crippen LogP contribution in [0.15, 0.2) is 18.5 Å². The van der Waals surface area contributed by atoms with Crippen LogP contribution in [0, 0.1) is 0 Å². The highest BCUT2D eigenvalue weighted by atomic mass is 19.4. The highest BCUT2D eigenvalue weighted by Gasteiger charge is 2.73. The first-order valence-corrected chi connectivity index (χ1v) is 4.57. The monoisotopic (exact) mass is 293 g/mol. The fraction of sp³-hybridized carbons (Fsp3) is 0.444. The van der Waals surface area contributed by atoms with E-state index in [0.29, 0.717) is 0 Å². The summed E-state index contributed by atoms with van der Waals surface area (Å²) in [5.74, 6) is -13.2. The van der Waals surface area contributed by atoms with Crippen LogP contribution in [0.1, 0.15) is 0 Å². The van der Waals surface area contributed by atoms with Crippen LogP contribution in [-0.2, 0) is 0 Å². The number of ether oxygens (including phenoxy) is 1. The van der Waals surface area contributed by atoms with Gasteiger partial charge in [-0.2, -0.15) is 30.7 Å². The highest BCUT2D eigenvalue weighted by molar-refractivity contribution is 5.34. The van der Waals surface area contributed by atoms with Gasteiger partial charge in [0.15, 0.2) is 18.1 Å². The van der Waals surface area contributed by atoms with E-state index in [1.54, 1.807) is 0 Å². The van der Waals surface area contributed by atoms with Crippen molar-refractivity contribution in [3.8, 4) is 11.5 Å². The molecular formula is C9H6F7NO2. The molecule has 0 radical (unpaired) electrons. The summed E-state index contributed by atoms with van der Waals surface area (Å²) >= 11 is 0. The van der Waals surface area contributed by atoms with Crippen LogP contribution in [0.4, 0.5) is 30.7 Å². The van der Waals surface area contributed by atoms with Gasteiger partial charge in [0.2, 0.25) is 0 Å². The second-order valence-corrected chi connectivity index (χ2v) is 3.41. The number of alkyl halides is 7. The molecule has 0 aliphatic rings. The van der Waals surface area contributed by atoms with E-state index in [2.05, 4.69) is 9.72 Å². The Balaban J connectivity index is 2.84. The van der Waals surface area contributed by atoms with Crippen LogP contribution >= 0.6 is 0 Å². The van der Waals surface area contributed by atoms with Crippen LogP contribution in [0.5, 0.6) is 11.5 Å². The number of aromatic nitrogens is 1. The second-order valence-electron chi connectivity index (χ2n) is 3.41. The highest BCUT2D eigenvalue weighted by Crippen LogP contribution is 2.46. The summed E-state index contributed by atoms with van der Waals surface area (Å²) in [6.45, 7) is -2.25. The Hall–Kier alpha value is -1.74. The number of hydrogen-bond acceptors (Lipinski definition) is 3. The molecule has 0 atom stereocenters. The van der Waals surface area contributed by atoms with Crippen LogP contribution in [0.3, 0.4) is 0 Å². The summed E-state index contributed by atoms with van der Waals surface area (Å²) in [6.07, 6.45) is -4.70. The van der Waals surface area contributed by atoms with E-state index >= 15 is 0 Å². The topological polar surface area (TPSA) is 42.4 Å². The molecule has 0 bridgehead atoms. The van der Waals surface area contributed by atoms with Gasteiger partial charge < -0.3 is 9.84 Å². The Kier molecular flexibility index (Phi) is 3.82. The van der Waals surface area contributed by atoms with Crippen molar-refractivity contribution < 1.29 is 40.6 Å². The predicted octanol–water partition coefficient (Wildman–Crippen LogP) is 3.00. The molecule has 0 aliphatic carbocycles. The minimum absolute atomic E-state index is 0.687. The molecule has 0 unspecified atom stereocenters. The number of nitrogens with zero attached hydrogens (tertiary/aromatic N) is 1. The lowest BCUT2D eigenvalue weighted by Gasteiger charge is -2.27. The number of rotatable bonds is 4. The van der Waals surface area contributed by atoms with Crippen molar-refractivity contribution in [2.75, 3.05) is 6.61 Å². The van der Waals surface area contributed by atoms with Crippen molar-refractivity contribution >= 4 is 0 Å². The van der Waals surface area contributed by atoms with Crippen molar-refractivity contribution in [3.05, 3.63) is 18.5 Å². The number of halogens is 7. The van der Waals surface area contributed by atoms with E-state index in [4.69, 9.17) is 5.11 Å². The van der Waals surface area contributed by atoms with Gasteiger partial charge in [-0.3, -0.25) is 4.98 Å². The summed E-state index contributed by atoms with van der Waals surface area (Å²) in [7, 11) is 0. The average Bonchev–Trinajstić information content (AvgIpc) is 2.26. The van der Waals surface area contributed by atoms with Gasteiger partial charge in [0.1, 0.15) is 0 Å². The standard InChI is InChI=1S/C9H6F7NO2/c10-7(11,8(12,13)9(14,15)16)4-19-6-1-2-17-3-5(6)18/h1-3,18H,4H2. The lowest BCUT2D eigenvalue weighted by Crippen LogP contribution is -2.54. The Bertz CT molecular complexity index is 446. The minimum atomic E-state index is -6.42. The first-order valence-electron chi connectivity index (χ1n) is 4.57. The van der Waals surface area contributed by atoms with Crippen molar-refractivity contribution in [2.24, 2.45) is 0 Å². The molecule has 0 saturated heterocycles. The van der Waals surface area contributed by atoms with Gasteiger partial charge in [0, 0.05) is 12.3 Å². The maximum Gasteiger partial charge on any atom is 0.460 e. The molecule has 0 aliphatic heterocycles. The molecule has 1 heterocycles. The van der Waals surface area contributed by atoms with E-state index in [-0.39, 0.29) is 0 Å². The number of aromatic hydroxyl groups is 1. The molecule has 0 saturated carbocycles. The van der Waals surface area contributed by atoms with Crippen LogP contribution < -0.4 is 4.74 Å². The summed E-state index contributed by atoms with van der Waals surface area (Å²) < 4.78 is 90.0. The Morgan fingerprint density at radius 3 is 2.16 bits per heavy atom. The molecule has 1 N–H and O–H groups in total. The molecule has 10 heteroatoms. The lowest BCUT2D eigenvalue weighted by atomic mass is 10.2. The average molecular weight is 293 g/mol. The van der Waals surface area contributed by atoms with Crippen LogP contribution in [-0.4, -0.2) is 34.7 Å². The second kappa shape index (κ2) is 4.74. The van der Waals surface area contributed by atoms with Gasteiger partial charge in [-0.15, -0.1) is 0 Å². The maximum atomic E-state index is 12.8. The molecule has 0 spiro atoms. The van der Waals surface area contributed by atoms with Gasteiger partial charge in [-0.05, 0) is 0 Å². The van der Waals surface area contributed by atoms with E-state index in [9.17, 15) is 30.7 Å². The van der Waals surface area contributed by atoms with Crippen molar-refractivity contribution in [2.45, 2.75) is 18.0 Å². The number of pyridine rings is 1. The lowest BCUT2D eigenvalue weighted by molar-refractivity contribution is -0.358. The fourth-order valence-electron chi connectivity index (χ4n) is 0.962. The molecular weight excluding hydrogens is 287 g/mol. The Labute approximate surface area is 101 Å². The smallest absolute Gasteiger partial charge is 0.460 e. The predicted molar refractivity (Wildman–Crippen MR) is 47.3 cm³/mol. The zero-order chi connectivity index (χ0) is 14.9. The normalized spacial score (nSPS) is 13.4. The van der Waals surface area contributed by atoms with Gasteiger partial charge in [-0.1, -0.05) is 0 Å². The van der Waals surface area contributed by atoms with E-state index in [1.807, 2.05) is 0 Å². The quantitative estimate of drug-likeness (QED) is 0.868. The Morgan fingerprint density at radius 1 is 1.11 bits per heavy atom. The molecule has 108 valence electrons. The zero-order valence-corrected chi connectivity index (χ0v) is 8.89. The third kappa shape index (κ3) is 2.99. The number of hydrogen-bond donors (Lipinski definition) is 1. The van der Waals surface area contributed by atoms with Crippen molar-refractivity contribution in [3.63, 3.8) is 0 Å². The summed E-state index contributed by atoms with van der Waals surface area (Å²) in [5.41, 5.74) is 0. The van der Waals surface area contributed by atoms with E-state index in [1.165, 1.54) is 0 Å². The first-order chi connectivity index (χ1) is 8.49. The van der Waals surface area contributed by atoms with E-state index < -0.39 is 36.1 Å². The summed E-state index contributed by atoms with van der Waals surface area (Å²) in [6, 6.07) is 0.831. The Morgan fingerprint density at radius 2 is 1.68 bits per heavy atom. The molecule has 0 aromatic carbocycles.